The Labute approximate surface area is 276 Å². The highest BCUT2D eigenvalue weighted by molar-refractivity contribution is 5.79. The molecule has 14 heteroatoms. The molecule has 1 amide bonds. The van der Waals surface area contributed by atoms with E-state index in [1.165, 1.54) is 11.2 Å². The van der Waals surface area contributed by atoms with E-state index >= 15 is 4.39 Å². The van der Waals surface area contributed by atoms with Gasteiger partial charge >= 0.3 is 0 Å². The zero-order valence-corrected chi connectivity index (χ0v) is 26.4. The first-order valence-corrected chi connectivity index (χ1v) is 16.4. The van der Waals surface area contributed by atoms with Gasteiger partial charge in [-0.1, -0.05) is 0 Å². The molecule has 0 radical (unpaired) electrons. The first-order chi connectivity index (χ1) is 23.2. The number of hydrogen-bond donors (Lipinski definition) is 1. The Hall–Kier alpha value is -4.48. The van der Waals surface area contributed by atoms with E-state index < -0.39 is 36.4 Å². The van der Waals surface area contributed by atoms with Crippen molar-refractivity contribution in [2.45, 2.75) is 49.9 Å². The van der Waals surface area contributed by atoms with Crippen molar-refractivity contribution < 1.29 is 27.4 Å². The Morgan fingerprint density at radius 2 is 1.83 bits per heavy atom. The van der Waals surface area contributed by atoms with Gasteiger partial charge in [0.1, 0.15) is 24.3 Å². The summed E-state index contributed by atoms with van der Waals surface area (Å²) in [4.78, 5) is 32.0. The van der Waals surface area contributed by atoms with Crippen LogP contribution in [0.4, 0.5) is 30.5 Å². The number of ether oxygens (including phenoxy) is 2. The van der Waals surface area contributed by atoms with Crippen molar-refractivity contribution in [1.82, 2.24) is 24.8 Å². The second-order valence-electron chi connectivity index (χ2n) is 12.9. The fourth-order valence-corrected chi connectivity index (χ4v) is 6.82. The molecule has 1 aromatic heterocycles. The Kier molecular flexibility index (Phi) is 9.07. The van der Waals surface area contributed by atoms with Crippen LogP contribution in [0.3, 0.4) is 0 Å². The molecule has 4 fully saturated rings. The number of aromatic nitrogens is 3. The molecule has 3 aliphatic heterocycles. The fourth-order valence-electron chi connectivity index (χ4n) is 6.82. The molecule has 3 saturated heterocycles. The van der Waals surface area contributed by atoms with Crippen LogP contribution in [0.2, 0.25) is 0 Å². The SMILES string of the molecule is N#Cc1cc(-c2ncnc(Nc3ccc(N4CCN(C5COC5)CC4)cc3)n2)ccc1O[C@H]1CCN(C(=O)[C@H]2CCC(F)(F)C2)C[C@H]1F. The number of nitrogens with zero attached hydrogens (tertiary/aromatic N) is 7. The number of benzene rings is 2. The van der Waals surface area contributed by atoms with Crippen LogP contribution >= 0.6 is 0 Å². The Morgan fingerprint density at radius 1 is 1.04 bits per heavy atom. The van der Waals surface area contributed by atoms with Gasteiger partial charge in [-0.15, -0.1) is 0 Å². The summed E-state index contributed by atoms with van der Waals surface area (Å²) in [5, 5.41) is 13.1. The zero-order valence-electron chi connectivity index (χ0n) is 26.4. The molecule has 2 aromatic carbocycles. The molecule has 0 bridgehead atoms. The van der Waals surface area contributed by atoms with E-state index in [-0.39, 0.29) is 43.7 Å². The number of alkyl halides is 3. The lowest BCUT2D eigenvalue weighted by Gasteiger charge is -2.43. The maximum absolute atomic E-state index is 15.2. The summed E-state index contributed by atoms with van der Waals surface area (Å²) in [6, 6.07) is 15.6. The third-order valence-corrected chi connectivity index (χ3v) is 9.69. The smallest absolute Gasteiger partial charge is 0.248 e. The number of anilines is 3. The van der Waals surface area contributed by atoms with Gasteiger partial charge in [0.05, 0.1) is 31.4 Å². The van der Waals surface area contributed by atoms with Crippen molar-refractivity contribution in [3.05, 3.63) is 54.4 Å². The van der Waals surface area contributed by atoms with Crippen LogP contribution in [0.1, 0.15) is 31.2 Å². The predicted octanol–water partition coefficient (Wildman–Crippen LogP) is 4.43. The Morgan fingerprint density at radius 3 is 2.50 bits per heavy atom. The minimum Gasteiger partial charge on any atom is -0.486 e. The van der Waals surface area contributed by atoms with E-state index in [0.29, 0.717) is 23.4 Å². The lowest BCUT2D eigenvalue weighted by atomic mass is 10.0. The van der Waals surface area contributed by atoms with Gasteiger partial charge in [-0.2, -0.15) is 10.2 Å². The van der Waals surface area contributed by atoms with Gasteiger partial charge in [0.15, 0.2) is 12.0 Å². The summed E-state index contributed by atoms with van der Waals surface area (Å²) < 4.78 is 53.6. The molecule has 4 heterocycles. The molecule has 0 unspecified atom stereocenters. The molecule has 252 valence electrons. The number of likely N-dealkylation sites (tertiary alicyclic amines) is 1. The van der Waals surface area contributed by atoms with Crippen molar-refractivity contribution in [3.8, 4) is 23.2 Å². The second-order valence-corrected chi connectivity index (χ2v) is 12.9. The van der Waals surface area contributed by atoms with Crippen LogP contribution in [-0.4, -0.2) is 107 Å². The molecule has 1 N–H and O–H groups in total. The van der Waals surface area contributed by atoms with Crippen molar-refractivity contribution in [3.63, 3.8) is 0 Å². The van der Waals surface area contributed by atoms with Gasteiger partial charge in [0.25, 0.3) is 0 Å². The number of amides is 1. The van der Waals surface area contributed by atoms with E-state index in [4.69, 9.17) is 9.47 Å². The third kappa shape index (κ3) is 7.02. The lowest BCUT2D eigenvalue weighted by molar-refractivity contribution is -0.140. The Balaban J connectivity index is 0.951. The number of rotatable bonds is 8. The third-order valence-electron chi connectivity index (χ3n) is 9.69. The number of piperazine rings is 1. The quantitative estimate of drug-likeness (QED) is 0.371. The first-order valence-electron chi connectivity index (χ1n) is 16.4. The number of nitrogens with one attached hydrogen (secondary N) is 1. The van der Waals surface area contributed by atoms with Crippen LogP contribution in [0.15, 0.2) is 48.8 Å². The van der Waals surface area contributed by atoms with Crippen LogP contribution in [0.5, 0.6) is 5.75 Å². The predicted molar refractivity (Wildman–Crippen MR) is 171 cm³/mol. The monoisotopic (exact) mass is 662 g/mol. The maximum atomic E-state index is 15.2. The summed E-state index contributed by atoms with van der Waals surface area (Å²) in [5.74, 6) is -3.17. The second kappa shape index (κ2) is 13.6. The van der Waals surface area contributed by atoms with Gasteiger partial charge in [-0.25, -0.2) is 23.1 Å². The molecular formula is C34H37F3N8O3. The van der Waals surface area contributed by atoms with Crippen LogP contribution in [0, 0.1) is 17.2 Å². The van der Waals surface area contributed by atoms with E-state index in [0.717, 1.165) is 50.8 Å². The Bertz CT molecular complexity index is 1660. The summed E-state index contributed by atoms with van der Waals surface area (Å²) in [5.41, 5.74) is 2.70. The number of nitriles is 1. The van der Waals surface area contributed by atoms with Crippen LogP contribution in [-0.2, 0) is 9.53 Å². The average molecular weight is 663 g/mol. The first kappa shape index (κ1) is 32.1. The van der Waals surface area contributed by atoms with Crippen molar-refractivity contribution >= 4 is 23.2 Å². The van der Waals surface area contributed by atoms with Gasteiger partial charge in [0, 0.05) is 74.8 Å². The highest BCUT2D eigenvalue weighted by Gasteiger charge is 2.45. The minimum absolute atomic E-state index is 0.110. The standard InChI is InChI=1S/C34H37F3N8O3/c35-28-18-45(32(46)23-7-9-34(36,37)16-23)10-8-30(28)48-29-6-1-22(15-24(29)17-38)31-39-21-40-33(42-31)41-25-2-4-26(5-3-25)43-11-13-44(14-12-43)27-19-47-20-27/h1-6,15,21,23,27-28,30H,7-14,16,18-20H2,(H,39,40,41,42)/t23-,28+,30-/m0/s1. The molecule has 48 heavy (non-hydrogen) atoms. The van der Waals surface area contributed by atoms with Gasteiger partial charge in [0.2, 0.25) is 17.8 Å². The number of hydrogen-bond acceptors (Lipinski definition) is 10. The van der Waals surface area contributed by atoms with Crippen molar-refractivity contribution in [2.24, 2.45) is 5.92 Å². The summed E-state index contributed by atoms with van der Waals surface area (Å²) >= 11 is 0. The van der Waals surface area contributed by atoms with Gasteiger partial charge in [-0.3, -0.25) is 9.69 Å². The molecule has 3 atom stereocenters. The van der Waals surface area contributed by atoms with Crippen LogP contribution < -0.4 is 15.0 Å². The highest BCUT2D eigenvalue weighted by atomic mass is 19.3. The number of halogens is 3. The van der Waals surface area contributed by atoms with E-state index in [2.05, 4.69) is 48.3 Å². The average Bonchev–Trinajstić information content (AvgIpc) is 3.45. The number of carbonyl (C=O) groups excluding carboxylic acids is 1. The molecule has 1 aliphatic carbocycles. The van der Waals surface area contributed by atoms with Gasteiger partial charge < -0.3 is 24.6 Å². The van der Waals surface area contributed by atoms with Crippen molar-refractivity contribution in [2.75, 3.05) is 62.7 Å². The van der Waals surface area contributed by atoms with Gasteiger partial charge in [-0.05, 0) is 48.9 Å². The number of carbonyl (C=O) groups is 1. The van der Waals surface area contributed by atoms with E-state index in [1.54, 1.807) is 18.2 Å². The minimum atomic E-state index is -2.84. The largest absolute Gasteiger partial charge is 0.486 e. The van der Waals surface area contributed by atoms with E-state index in [1.807, 2.05) is 12.1 Å². The van der Waals surface area contributed by atoms with Crippen LogP contribution in [0.25, 0.3) is 11.4 Å². The van der Waals surface area contributed by atoms with E-state index in [9.17, 15) is 18.8 Å². The highest BCUT2D eigenvalue weighted by Crippen LogP contribution is 2.40. The summed E-state index contributed by atoms with van der Waals surface area (Å²) in [7, 11) is 0. The molecule has 4 aliphatic rings. The lowest BCUT2D eigenvalue weighted by Crippen LogP contribution is -2.56. The number of piperidine rings is 1. The molecule has 0 spiro atoms. The summed E-state index contributed by atoms with van der Waals surface area (Å²) in [6.45, 7) is 5.61. The molecule has 3 aromatic rings. The molecule has 1 saturated carbocycles. The normalized spacial score (nSPS) is 24.5. The molecule has 7 rings (SSSR count). The topological polar surface area (TPSA) is 120 Å². The molecular weight excluding hydrogens is 625 g/mol. The fraction of sp³-hybridized carbons (Fsp3) is 0.500. The zero-order chi connectivity index (χ0) is 33.3. The van der Waals surface area contributed by atoms with Crippen molar-refractivity contribution in [1.29, 1.82) is 5.26 Å². The summed E-state index contributed by atoms with van der Waals surface area (Å²) in [6.07, 6.45) is -1.54. The molecule has 11 nitrogen and oxygen atoms in total. The maximum Gasteiger partial charge on any atom is 0.248 e.